The monoisotopic (exact) mass is 260 g/mol. The van der Waals surface area contributed by atoms with Crippen LogP contribution in [0, 0.1) is 12.3 Å². The summed E-state index contributed by atoms with van der Waals surface area (Å²) in [7, 11) is 1.95. The fraction of sp³-hybridized carbons (Fsp3) is 0.400. The SMILES string of the molecule is C#CCN(C)[C@H](CNCC(=O)O)Cc1ccccc1. The number of hydrogen-bond donors (Lipinski definition) is 2. The lowest BCUT2D eigenvalue weighted by Gasteiger charge is -2.26. The summed E-state index contributed by atoms with van der Waals surface area (Å²) in [6.07, 6.45) is 6.17. The summed E-state index contributed by atoms with van der Waals surface area (Å²) in [6.45, 7) is 1.11. The molecule has 0 aliphatic carbocycles. The Hall–Kier alpha value is -1.83. The van der Waals surface area contributed by atoms with E-state index in [4.69, 9.17) is 11.5 Å². The van der Waals surface area contributed by atoms with E-state index in [9.17, 15) is 4.79 Å². The third kappa shape index (κ3) is 6.05. The van der Waals surface area contributed by atoms with Crippen LogP contribution >= 0.6 is 0 Å². The summed E-state index contributed by atoms with van der Waals surface area (Å²) in [5, 5.41) is 11.6. The van der Waals surface area contributed by atoms with Gasteiger partial charge in [-0.1, -0.05) is 36.3 Å². The van der Waals surface area contributed by atoms with Crippen LogP contribution in [0.4, 0.5) is 0 Å². The highest BCUT2D eigenvalue weighted by Crippen LogP contribution is 2.07. The van der Waals surface area contributed by atoms with Crippen LogP contribution in [-0.2, 0) is 11.2 Å². The predicted octanol–water partition coefficient (Wildman–Crippen LogP) is 0.837. The third-order valence-corrected chi connectivity index (χ3v) is 2.93. The van der Waals surface area contributed by atoms with Crippen molar-refractivity contribution in [3.05, 3.63) is 35.9 Å². The van der Waals surface area contributed by atoms with Crippen molar-refractivity contribution in [3.8, 4) is 12.3 Å². The highest BCUT2D eigenvalue weighted by Gasteiger charge is 2.14. The predicted molar refractivity (Wildman–Crippen MR) is 75.9 cm³/mol. The standard InChI is InChI=1S/C15H20N2O2/c1-3-9-17(2)14(11-16-12-15(18)19)10-13-7-5-4-6-8-13/h1,4-8,14,16H,9-12H2,2H3,(H,18,19)/t14-/m0/s1. The Labute approximate surface area is 114 Å². The molecule has 2 N–H and O–H groups in total. The molecule has 1 aromatic rings. The number of carboxylic acids is 1. The molecule has 19 heavy (non-hydrogen) atoms. The minimum Gasteiger partial charge on any atom is -0.480 e. The molecule has 1 rings (SSSR count). The van der Waals surface area contributed by atoms with Crippen LogP contribution in [0.5, 0.6) is 0 Å². The molecule has 0 fully saturated rings. The maximum absolute atomic E-state index is 10.5. The minimum atomic E-state index is -0.849. The fourth-order valence-electron chi connectivity index (χ4n) is 1.89. The minimum absolute atomic E-state index is 0.0326. The number of nitrogens with one attached hydrogen (secondary N) is 1. The number of carbonyl (C=O) groups is 1. The molecular weight excluding hydrogens is 240 g/mol. The number of aliphatic carboxylic acids is 1. The fourth-order valence-corrected chi connectivity index (χ4v) is 1.89. The summed E-state index contributed by atoms with van der Waals surface area (Å²) >= 11 is 0. The first-order valence-electron chi connectivity index (χ1n) is 6.23. The molecule has 0 aliphatic rings. The largest absolute Gasteiger partial charge is 0.480 e. The zero-order valence-corrected chi connectivity index (χ0v) is 11.2. The van der Waals surface area contributed by atoms with Crippen LogP contribution in [-0.4, -0.2) is 48.7 Å². The number of nitrogens with zero attached hydrogens (tertiary/aromatic N) is 1. The van der Waals surface area contributed by atoms with Gasteiger partial charge in [-0.05, 0) is 19.0 Å². The van der Waals surface area contributed by atoms with Crippen molar-refractivity contribution in [1.29, 1.82) is 0 Å². The Bertz CT molecular complexity index is 426. The van der Waals surface area contributed by atoms with Crippen molar-refractivity contribution in [1.82, 2.24) is 10.2 Å². The molecule has 102 valence electrons. The number of rotatable bonds is 8. The second-order valence-electron chi connectivity index (χ2n) is 4.49. The molecule has 0 spiro atoms. The number of hydrogen-bond acceptors (Lipinski definition) is 3. The van der Waals surface area contributed by atoms with Gasteiger partial charge in [0.15, 0.2) is 0 Å². The van der Waals surface area contributed by atoms with Gasteiger partial charge >= 0.3 is 5.97 Å². The summed E-state index contributed by atoms with van der Waals surface area (Å²) in [5.41, 5.74) is 1.22. The molecular formula is C15H20N2O2. The molecule has 0 aromatic heterocycles. The average Bonchev–Trinajstić information content (AvgIpc) is 2.38. The maximum atomic E-state index is 10.5. The van der Waals surface area contributed by atoms with E-state index < -0.39 is 5.97 Å². The maximum Gasteiger partial charge on any atom is 0.317 e. The van der Waals surface area contributed by atoms with E-state index in [1.165, 1.54) is 5.56 Å². The van der Waals surface area contributed by atoms with Gasteiger partial charge in [0, 0.05) is 12.6 Å². The lowest BCUT2D eigenvalue weighted by Crippen LogP contribution is -2.43. The summed E-state index contributed by atoms with van der Waals surface area (Å²) < 4.78 is 0. The second kappa shape index (κ2) is 8.30. The molecule has 0 aliphatic heterocycles. The quantitative estimate of drug-likeness (QED) is 0.680. The van der Waals surface area contributed by atoms with E-state index in [2.05, 4.69) is 28.3 Å². The van der Waals surface area contributed by atoms with Gasteiger partial charge in [0.2, 0.25) is 0 Å². The molecule has 0 saturated carbocycles. The summed E-state index contributed by atoms with van der Waals surface area (Å²) in [5.74, 6) is 1.77. The molecule has 1 atom stereocenters. The molecule has 0 saturated heterocycles. The van der Waals surface area contributed by atoms with E-state index in [0.717, 1.165) is 6.42 Å². The molecule has 4 heteroatoms. The van der Waals surface area contributed by atoms with Crippen LogP contribution in [0.25, 0.3) is 0 Å². The Morgan fingerprint density at radius 1 is 1.47 bits per heavy atom. The van der Waals surface area contributed by atoms with Gasteiger partial charge in [-0.15, -0.1) is 6.42 Å². The van der Waals surface area contributed by atoms with Crippen molar-refractivity contribution < 1.29 is 9.90 Å². The first kappa shape index (κ1) is 15.2. The third-order valence-electron chi connectivity index (χ3n) is 2.93. The summed E-state index contributed by atoms with van der Waals surface area (Å²) in [4.78, 5) is 12.6. The number of benzene rings is 1. The zero-order chi connectivity index (χ0) is 14.1. The molecule has 0 bridgehead atoms. The molecule has 4 nitrogen and oxygen atoms in total. The van der Waals surface area contributed by atoms with E-state index in [-0.39, 0.29) is 12.6 Å². The van der Waals surface area contributed by atoms with Gasteiger partial charge in [-0.3, -0.25) is 9.69 Å². The van der Waals surface area contributed by atoms with Gasteiger partial charge in [-0.2, -0.15) is 0 Å². The molecule has 1 aromatic carbocycles. The van der Waals surface area contributed by atoms with Gasteiger partial charge in [0.05, 0.1) is 13.1 Å². The van der Waals surface area contributed by atoms with Gasteiger partial charge in [0.25, 0.3) is 0 Å². The Morgan fingerprint density at radius 3 is 2.74 bits per heavy atom. The number of terminal acetylenes is 1. The first-order chi connectivity index (χ1) is 9.13. The molecule has 0 heterocycles. The van der Waals surface area contributed by atoms with Crippen LogP contribution in [0.2, 0.25) is 0 Å². The molecule has 0 unspecified atom stereocenters. The first-order valence-corrected chi connectivity index (χ1v) is 6.23. The van der Waals surface area contributed by atoms with E-state index >= 15 is 0 Å². The van der Waals surface area contributed by atoms with Crippen molar-refractivity contribution in [2.24, 2.45) is 0 Å². The second-order valence-corrected chi connectivity index (χ2v) is 4.49. The highest BCUT2D eigenvalue weighted by atomic mass is 16.4. The van der Waals surface area contributed by atoms with Gasteiger partial charge in [0.1, 0.15) is 0 Å². The smallest absolute Gasteiger partial charge is 0.317 e. The number of likely N-dealkylation sites (N-methyl/N-ethyl adjacent to an activating group) is 1. The van der Waals surface area contributed by atoms with Crippen molar-refractivity contribution in [2.45, 2.75) is 12.5 Å². The van der Waals surface area contributed by atoms with Crippen molar-refractivity contribution in [2.75, 3.05) is 26.7 Å². The Balaban J connectivity index is 2.58. The molecule has 0 radical (unpaired) electrons. The summed E-state index contributed by atoms with van der Waals surface area (Å²) in [6, 6.07) is 10.3. The Morgan fingerprint density at radius 2 is 2.16 bits per heavy atom. The lowest BCUT2D eigenvalue weighted by molar-refractivity contribution is -0.136. The van der Waals surface area contributed by atoms with E-state index in [1.54, 1.807) is 0 Å². The van der Waals surface area contributed by atoms with Gasteiger partial charge in [-0.25, -0.2) is 0 Å². The molecule has 0 amide bonds. The highest BCUT2D eigenvalue weighted by molar-refractivity contribution is 5.68. The van der Waals surface area contributed by atoms with E-state index in [0.29, 0.717) is 13.1 Å². The Kier molecular flexibility index (Phi) is 6.65. The van der Waals surface area contributed by atoms with Crippen LogP contribution in [0.1, 0.15) is 5.56 Å². The zero-order valence-electron chi connectivity index (χ0n) is 11.2. The number of carboxylic acid groups (broad SMARTS) is 1. The van der Waals surface area contributed by atoms with Crippen LogP contribution in [0.15, 0.2) is 30.3 Å². The van der Waals surface area contributed by atoms with Crippen molar-refractivity contribution >= 4 is 5.97 Å². The normalized spacial score (nSPS) is 12.1. The average molecular weight is 260 g/mol. The van der Waals surface area contributed by atoms with E-state index in [1.807, 2.05) is 25.2 Å². The topological polar surface area (TPSA) is 52.6 Å². The van der Waals surface area contributed by atoms with Gasteiger partial charge < -0.3 is 10.4 Å². The van der Waals surface area contributed by atoms with Crippen LogP contribution in [0.3, 0.4) is 0 Å². The van der Waals surface area contributed by atoms with Crippen molar-refractivity contribution in [3.63, 3.8) is 0 Å². The lowest BCUT2D eigenvalue weighted by atomic mass is 10.0. The van der Waals surface area contributed by atoms with Crippen LogP contribution < -0.4 is 5.32 Å².